The molecule has 3 aromatic rings. The lowest BCUT2D eigenvalue weighted by Crippen LogP contribution is -2.32. The highest BCUT2D eigenvalue weighted by Crippen LogP contribution is 2.39. The van der Waals surface area contributed by atoms with E-state index < -0.39 is 0 Å². The van der Waals surface area contributed by atoms with Crippen LogP contribution < -0.4 is 14.2 Å². The molecule has 8 nitrogen and oxygen atoms in total. The zero-order valence-corrected chi connectivity index (χ0v) is 19.2. The maximum Gasteiger partial charge on any atom is 0.233 e. The van der Waals surface area contributed by atoms with Crippen molar-refractivity contribution < 1.29 is 19.0 Å². The number of carbonyl (C=O) groups excluding carboxylic acids is 1. The summed E-state index contributed by atoms with van der Waals surface area (Å²) in [5.41, 5.74) is 1.80. The van der Waals surface area contributed by atoms with Crippen LogP contribution in [0.5, 0.6) is 17.2 Å². The standard InChI is InChI=1S/C23H26N4O4S/c1-29-16-10-11-20(30-2)17(13-16)18-8-6-12-26(18)22(28)14-32-23-25-24-15-27(23)19-7-4-5-9-21(19)31-3/h4-5,7,9-11,13,15,18H,6,8,12,14H2,1-3H3. The van der Waals surface area contributed by atoms with E-state index >= 15 is 0 Å². The van der Waals surface area contributed by atoms with Crippen LogP contribution in [0.1, 0.15) is 24.4 Å². The third-order valence-electron chi connectivity index (χ3n) is 5.55. The Morgan fingerprint density at radius 3 is 2.69 bits per heavy atom. The first-order valence-electron chi connectivity index (χ1n) is 10.3. The Kier molecular flexibility index (Phi) is 6.84. The molecule has 1 saturated heterocycles. The number of rotatable bonds is 8. The van der Waals surface area contributed by atoms with Gasteiger partial charge in [0, 0.05) is 12.1 Å². The van der Waals surface area contributed by atoms with Crippen LogP contribution in [0.3, 0.4) is 0 Å². The molecule has 0 bridgehead atoms. The van der Waals surface area contributed by atoms with Crippen molar-refractivity contribution in [3.05, 3.63) is 54.4 Å². The van der Waals surface area contributed by atoms with Crippen molar-refractivity contribution in [2.24, 2.45) is 0 Å². The summed E-state index contributed by atoms with van der Waals surface area (Å²) >= 11 is 1.36. The molecule has 1 aromatic heterocycles. The number of benzene rings is 2. The zero-order valence-electron chi connectivity index (χ0n) is 18.4. The lowest BCUT2D eigenvalue weighted by molar-refractivity contribution is -0.129. The molecule has 1 fully saturated rings. The molecule has 9 heteroatoms. The Balaban J connectivity index is 1.51. The van der Waals surface area contributed by atoms with Gasteiger partial charge in [0.1, 0.15) is 23.6 Å². The van der Waals surface area contributed by atoms with Gasteiger partial charge in [-0.2, -0.15) is 0 Å². The van der Waals surface area contributed by atoms with Crippen molar-refractivity contribution in [2.75, 3.05) is 33.6 Å². The van der Waals surface area contributed by atoms with Gasteiger partial charge in [-0.1, -0.05) is 23.9 Å². The molecule has 0 saturated carbocycles. The molecule has 0 N–H and O–H groups in total. The molecule has 1 unspecified atom stereocenters. The molecule has 32 heavy (non-hydrogen) atoms. The van der Waals surface area contributed by atoms with E-state index in [0.717, 1.165) is 35.6 Å². The van der Waals surface area contributed by atoms with Gasteiger partial charge in [0.15, 0.2) is 5.16 Å². The SMILES string of the molecule is COc1ccc(OC)c(C2CCCN2C(=O)CSc2nncn2-c2ccccc2OC)c1. The minimum absolute atomic E-state index is 0.0414. The van der Waals surface area contributed by atoms with E-state index in [1.807, 2.05) is 51.9 Å². The fraction of sp³-hybridized carbons (Fsp3) is 0.348. The highest BCUT2D eigenvalue weighted by atomic mass is 32.2. The van der Waals surface area contributed by atoms with Gasteiger partial charge in [0.05, 0.1) is 38.8 Å². The maximum atomic E-state index is 13.2. The average Bonchev–Trinajstić information content (AvgIpc) is 3.51. The number of likely N-dealkylation sites (tertiary alicyclic amines) is 1. The molecule has 0 aliphatic carbocycles. The molecule has 0 radical (unpaired) electrons. The van der Waals surface area contributed by atoms with Crippen LogP contribution in [0.25, 0.3) is 5.69 Å². The molecular weight excluding hydrogens is 428 g/mol. The fourth-order valence-electron chi connectivity index (χ4n) is 4.01. The van der Waals surface area contributed by atoms with Crippen LogP contribution >= 0.6 is 11.8 Å². The first-order valence-corrected chi connectivity index (χ1v) is 11.3. The number of nitrogens with zero attached hydrogens (tertiary/aromatic N) is 4. The summed E-state index contributed by atoms with van der Waals surface area (Å²) in [5.74, 6) is 2.54. The number of amides is 1. The number of thioether (sulfide) groups is 1. The number of methoxy groups -OCH3 is 3. The Hall–Kier alpha value is -3.20. The number of hydrogen-bond donors (Lipinski definition) is 0. The van der Waals surface area contributed by atoms with E-state index in [9.17, 15) is 4.79 Å². The van der Waals surface area contributed by atoms with Gasteiger partial charge in [-0.25, -0.2) is 0 Å². The monoisotopic (exact) mass is 454 g/mol. The van der Waals surface area contributed by atoms with Crippen molar-refractivity contribution in [2.45, 2.75) is 24.0 Å². The van der Waals surface area contributed by atoms with Crippen molar-refractivity contribution in [3.63, 3.8) is 0 Å². The summed E-state index contributed by atoms with van der Waals surface area (Å²) in [7, 11) is 4.91. The number of aromatic nitrogens is 3. The van der Waals surface area contributed by atoms with Gasteiger partial charge in [0.25, 0.3) is 0 Å². The normalized spacial score (nSPS) is 15.6. The summed E-state index contributed by atoms with van der Waals surface area (Å²) in [6.07, 6.45) is 3.46. The van der Waals surface area contributed by atoms with E-state index in [1.54, 1.807) is 27.7 Å². The molecule has 1 amide bonds. The van der Waals surface area contributed by atoms with Gasteiger partial charge in [-0.15, -0.1) is 10.2 Å². The first-order chi connectivity index (χ1) is 15.7. The second-order valence-electron chi connectivity index (χ2n) is 7.30. The van der Waals surface area contributed by atoms with Gasteiger partial charge in [0.2, 0.25) is 5.91 Å². The molecule has 2 heterocycles. The second-order valence-corrected chi connectivity index (χ2v) is 8.24. The largest absolute Gasteiger partial charge is 0.497 e. The maximum absolute atomic E-state index is 13.2. The van der Waals surface area contributed by atoms with E-state index in [1.165, 1.54) is 11.8 Å². The van der Waals surface area contributed by atoms with Crippen molar-refractivity contribution >= 4 is 17.7 Å². The van der Waals surface area contributed by atoms with Crippen molar-refractivity contribution in [1.82, 2.24) is 19.7 Å². The summed E-state index contributed by atoms with van der Waals surface area (Å²) in [5, 5.41) is 8.88. The van der Waals surface area contributed by atoms with Gasteiger partial charge in [-0.05, 0) is 43.2 Å². The van der Waals surface area contributed by atoms with Crippen LogP contribution in [-0.4, -0.2) is 59.2 Å². The predicted molar refractivity (Wildman–Crippen MR) is 122 cm³/mol. The minimum Gasteiger partial charge on any atom is -0.497 e. The lowest BCUT2D eigenvalue weighted by Gasteiger charge is -2.26. The molecule has 168 valence electrons. The van der Waals surface area contributed by atoms with Crippen LogP contribution in [0.15, 0.2) is 53.9 Å². The highest BCUT2D eigenvalue weighted by molar-refractivity contribution is 7.99. The number of ether oxygens (including phenoxy) is 3. The molecule has 1 aliphatic heterocycles. The Labute approximate surface area is 191 Å². The number of carbonyl (C=O) groups is 1. The third kappa shape index (κ3) is 4.38. The molecule has 1 aliphatic rings. The van der Waals surface area contributed by atoms with Crippen LogP contribution in [0, 0.1) is 0 Å². The van der Waals surface area contributed by atoms with Gasteiger partial charge < -0.3 is 19.1 Å². The van der Waals surface area contributed by atoms with Crippen molar-refractivity contribution in [3.8, 4) is 22.9 Å². The Morgan fingerprint density at radius 1 is 1.09 bits per heavy atom. The van der Waals surface area contributed by atoms with Gasteiger partial charge in [-0.3, -0.25) is 9.36 Å². The molecule has 4 rings (SSSR count). The molecule has 2 aromatic carbocycles. The quantitative estimate of drug-likeness (QED) is 0.480. The lowest BCUT2D eigenvalue weighted by atomic mass is 10.0. The van der Waals surface area contributed by atoms with Gasteiger partial charge >= 0.3 is 0 Å². The van der Waals surface area contributed by atoms with E-state index in [4.69, 9.17) is 14.2 Å². The minimum atomic E-state index is -0.0414. The topological polar surface area (TPSA) is 78.7 Å². The summed E-state index contributed by atoms with van der Waals surface area (Å²) in [4.78, 5) is 15.1. The fourth-order valence-corrected chi connectivity index (χ4v) is 4.82. The van der Waals surface area contributed by atoms with E-state index in [2.05, 4.69) is 10.2 Å². The molecular formula is C23H26N4O4S. The Bertz CT molecular complexity index is 1090. The van der Waals surface area contributed by atoms with E-state index in [-0.39, 0.29) is 17.7 Å². The van der Waals surface area contributed by atoms with E-state index in [0.29, 0.717) is 17.5 Å². The Morgan fingerprint density at radius 2 is 1.91 bits per heavy atom. The van der Waals surface area contributed by atoms with Crippen LogP contribution in [0.2, 0.25) is 0 Å². The summed E-state index contributed by atoms with van der Waals surface area (Å²) in [6.45, 7) is 0.712. The summed E-state index contributed by atoms with van der Waals surface area (Å²) < 4.78 is 18.2. The first kappa shape index (κ1) is 22.0. The molecule has 1 atom stereocenters. The highest BCUT2D eigenvalue weighted by Gasteiger charge is 2.32. The number of para-hydroxylation sites is 2. The predicted octanol–water partition coefficient (Wildman–Crippen LogP) is 3.75. The second kappa shape index (κ2) is 9.95. The smallest absolute Gasteiger partial charge is 0.233 e. The summed E-state index contributed by atoms with van der Waals surface area (Å²) in [6, 6.07) is 13.3. The zero-order chi connectivity index (χ0) is 22.5. The third-order valence-corrected chi connectivity index (χ3v) is 6.48. The van der Waals surface area contributed by atoms with Crippen LogP contribution in [-0.2, 0) is 4.79 Å². The number of hydrogen-bond acceptors (Lipinski definition) is 7. The molecule has 0 spiro atoms. The van der Waals surface area contributed by atoms with Crippen LogP contribution in [0.4, 0.5) is 0 Å². The average molecular weight is 455 g/mol. The van der Waals surface area contributed by atoms with Crippen molar-refractivity contribution in [1.29, 1.82) is 0 Å².